The SMILES string of the molecule is O=C(N1CCNCC1)N1CCSCC1. The van der Waals surface area contributed by atoms with E-state index in [1.807, 2.05) is 21.6 Å². The highest BCUT2D eigenvalue weighted by Crippen LogP contribution is 2.11. The van der Waals surface area contributed by atoms with Crippen LogP contribution in [0.1, 0.15) is 0 Å². The van der Waals surface area contributed by atoms with E-state index in [0.29, 0.717) is 0 Å². The lowest BCUT2D eigenvalue weighted by molar-refractivity contribution is 0.151. The second-order valence-electron chi connectivity index (χ2n) is 3.62. The molecule has 2 rings (SSSR count). The molecule has 0 aromatic carbocycles. The highest BCUT2D eigenvalue weighted by Gasteiger charge is 2.23. The van der Waals surface area contributed by atoms with Crippen LogP contribution in [0.5, 0.6) is 0 Å². The summed E-state index contributed by atoms with van der Waals surface area (Å²) in [4.78, 5) is 15.9. The number of thioether (sulfide) groups is 1. The van der Waals surface area contributed by atoms with Crippen LogP contribution in [0.15, 0.2) is 0 Å². The number of carbonyl (C=O) groups is 1. The predicted molar refractivity (Wildman–Crippen MR) is 58.7 cm³/mol. The van der Waals surface area contributed by atoms with Crippen LogP contribution in [0, 0.1) is 0 Å². The quantitative estimate of drug-likeness (QED) is 0.621. The van der Waals surface area contributed by atoms with Gasteiger partial charge < -0.3 is 15.1 Å². The number of piperazine rings is 1. The molecule has 80 valence electrons. The Kier molecular flexibility index (Phi) is 3.53. The van der Waals surface area contributed by atoms with Crippen LogP contribution in [0.25, 0.3) is 0 Å². The molecule has 0 atom stereocenters. The van der Waals surface area contributed by atoms with Gasteiger partial charge in [0.25, 0.3) is 0 Å². The number of amides is 2. The summed E-state index contributed by atoms with van der Waals surface area (Å²) in [5.74, 6) is 2.19. The van der Waals surface area contributed by atoms with Gasteiger partial charge in [-0.15, -0.1) is 0 Å². The molecule has 0 radical (unpaired) electrons. The minimum Gasteiger partial charge on any atom is -0.323 e. The van der Waals surface area contributed by atoms with E-state index >= 15 is 0 Å². The summed E-state index contributed by atoms with van der Waals surface area (Å²) in [5, 5.41) is 3.26. The van der Waals surface area contributed by atoms with Gasteiger partial charge in [0.1, 0.15) is 0 Å². The van der Waals surface area contributed by atoms with Gasteiger partial charge in [-0.1, -0.05) is 0 Å². The molecule has 2 fully saturated rings. The van der Waals surface area contributed by atoms with Crippen LogP contribution < -0.4 is 5.32 Å². The molecule has 2 amide bonds. The Labute approximate surface area is 89.0 Å². The summed E-state index contributed by atoms with van der Waals surface area (Å²) in [6.07, 6.45) is 0. The monoisotopic (exact) mass is 215 g/mol. The Bertz CT molecular complexity index is 180. The van der Waals surface area contributed by atoms with Gasteiger partial charge >= 0.3 is 6.03 Å². The van der Waals surface area contributed by atoms with Gasteiger partial charge in [0, 0.05) is 50.8 Å². The lowest BCUT2D eigenvalue weighted by Crippen LogP contribution is -2.53. The lowest BCUT2D eigenvalue weighted by Gasteiger charge is -2.34. The fraction of sp³-hybridized carbons (Fsp3) is 0.889. The third-order valence-corrected chi connectivity index (χ3v) is 3.61. The fourth-order valence-electron chi connectivity index (χ4n) is 1.81. The van der Waals surface area contributed by atoms with E-state index in [9.17, 15) is 4.79 Å². The van der Waals surface area contributed by atoms with Crippen molar-refractivity contribution < 1.29 is 4.79 Å². The Morgan fingerprint density at radius 2 is 1.57 bits per heavy atom. The third-order valence-electron chi connectivity index (χ3n) is 2.67. The van der Waals surface area contributed by atoms with Crippen LogP contribution in [-0.4, -0.2) is 66.6 Å². The van der Waals surface area contributed by atoms with Crippen LogP contribution in [0.2, 0.25) is 0 Å². The molecule has 0 aromatic rings. The molecule has 0 unspecified atom stereocenters. The Morgan fingerprint density at radius 3 is 2.21 bits per heavy atom. The molecular formula is C9H17N3OS. The fourth-order valence-corrected chi connectivity index (χ4v) is 2.71. The van der Waals surface area contributed by atoms with Crippen molar-refractivity contribution in [3.8, 4) is 0 Å². The van der Waals surface area contributed by atoms with Crippen molar-refractivity contribution in [1.29, 1.82) is 0 Å². The molecule has 0 spiro atoms. The summed E-state index contributed by atoms with van der Waals surface area (Å²) >= 11 is 1.94. The van der Waals surface area contributed by atoms with Gasteiger partial charge in [0.15, 0.2) is 0 Å². The minimum atomic E-state index is 0.242. The van der Waals surface area contributed by atoms with Crippen molar-refractivity contribution in [3.05, 3.63) is 0 Å². The Morgan fingerprint density at radius 1 is 1.00 bits per heavy atom. The zero-order chi connectivity index (χ0) is 9.80. The standard InChI is InChI=1S/C9H17N3OS/c13-9(11-3-1-10-2-4-11)12-5-7-14-8-6-12/h10H,1-8H2. The summed E-state index contributed by atoms with van der Waals surface area (Å²) in [7, 11) is 0. The Hall–Kier alpha value is -0.420. The van der Waals surface area contributed by atoms with Crippen LogP contribution in [0.4, 0.5) is 4.79 Å². The number of nitrogens with one attached hydrogen (secondary N) is 1. The number of hydrogen-bond donors (Lipinski definition) is 1. The maximum absolute atomic E-state index is 12.0. The summed E-state index contributed by atoms with van der Waals surface area (Å²) < 4.78 is 0. The summed E-state index contributed by atoms with van der Waals surface area (Å²) in [6.45, 7) is 5.45. The average Bonchev–Trinajstić information content (AvgIpc) is 2.30. The maximum atomic E-state index is 12.0. The van der Waals surface area contributed by atoms with Gasteiger partial charge in [0.2, 0.25) is 0 Å². The third kappa shape index (κ3) is 2.33. The van der Waals surface area contributed by atoms with E-state index in [2.05, 4.69) is 5.32 Å². The van der Waals surface area contributed by atoms with Gasteiger partial charge in [0.05, 0.1) is 0 Å². The smallest absolute Gasteiger partial charge is 0.320 e. The summed E-state index contributed by atoms with van der Waals surface area (Å²) in [6, 6.07) is 0.242. The Balaban J connectivity index is 1.85. The van der Waals surface area contributed by atoms with E-state index < -0.39 is 0 Å². The second-order valence-corrected chi connectivity index (χ2v) is 4.84. The molecule has 4 nitrogen and oxygen atoms in total. The first kappa shape index (κ1) is 10.1. The minimum absolute atomic E-state index is 0.242. The van der Waals surface area contributed by atoms with Crippen molar-refractivity contribution in [1.82, 2.24) is 15.1 Å². The van der Waals surface area contributed by atoms with Gasteiger partial charge in [-0.25, -0.2) is 4.79 Å². The molecule has 0 bridgehead atoms. The van der Waals surface area contributed by atoms with Gasteiger partial charge in [-0.3, -0.25) is 0 Å². The van der Waals surface area contributed by atoms with Crippen LogP contribution >= 0.6 is 11.8 Å². The predicted octanol–water partition coefficient (Wildman–Crippen LogP) is 0.0604. The molecule has 0 saturated carbocycles. The topological polar surface area (TPSA) is 35.6 Å². The van der Waals surface area contributed by atoms with E-state index in [-0.39, 0.29) is 6.03 Å². The number of nitrogens with zero attached hydrogens (tertiary/aromatic N) is 2. The van der Waals surface area contributed by atoms with Crippen molar-refractivity contribution in [3.63, 3.8) is 0 Å². The number of carbonyl (C=O) groups excluding carboxylic acids is 1. The first-order chi connectivity index (χ1) is 6.88. The zero-order valence-electron chi connectivity index (χ0n) is 8.37. The number of rotatable bonds is 0. The number of urea groups is 1. The second kappa shape index (κ2) is 4.89. The van der Waals surface area contributed by atoms with E-state index in [0.717, 1.165) is 50.8 Å². The van der Waals surface area contributed by atoms with Crippen molar-refractivity contribution in [2.75, 3.05) is 50.8 Å². The van der Waals surface area contributed by atoms with Crippen molar-refractivity contribution in [2.24, 2.45) is 0 Å². The molecule has 0 aromatic heterocycles. The van der Waals surface area contributed by atoms with Gasteiger partial charge in [-0.05, 0) is 0 Å². The number of hydrogen-bond acceptors (Lipinski definition) is 3. The lowest BCUT2D eigenvalue weighted by atomic mass is 10.4. The molecular weight excluding hydrogens is 198 g/mol. The van der Waals surface area contributed by atoms with Crippen LogP contribution in [-0.2, 0) is 0 Å². The normalized spacial score (nSPS) is 23.7. The van der Waals surface area contributed by atoms with E-state index in [4.69, 9.17) is 0 Å². The molecule has 2 aliphatic heterocycles. The molecule has 14 heavy (non-hydrogen) atoms. The first-order valence-electron chi connectivity index (χ1n) is 5.20. The molecule has 2 saturated heterocycles. The van der Waals surface area contributed by atoms with Gasteiger partial charge in [-0.2, -0.15) is 11.8 Å². The largest absolute Gasteiger partial charge is 0.323 e. The first-order valence-corrected chi connectivity index (χ1v) is 6.36. The van der Waals surface area contributed by atoms with Crippen molar-refractivity contribution >= 4 is 17.8 Å². The highest BCUT2D eigenvalue weighted by atomic mass is 32.2. The van der Waals surface area contributed by atoms with E-state index in [1.165, 1.54) is 0 Å². The molecule has 2 heterocycles. The van der Waals surface area contributed by atoms with Crippen molar-refractivity contribution in [2.45, 2.75) is 0 Å². The molecule has 1 N–H and O–H groups in total. The average molecular weight is 215 g/mol. The zero-order valence-corrected chi connectivity index (χ0v) is 9.18. The van der Waals surface area contributed by atoms with E-state index in [1.54, 1.807) is 0 Å². The van der Waals surface area contributed by atoms with Crippen LogP contribution in [0.3, 0.4) is 0 Å². The molecule has 2 aliphatic rings. The maximum Gasteiger partial charge on any atom is 0.320 e. The molecule has 0 aliphatic carbocycles. The summed E-state index contributed by atoms with van der Waals surface area (Å²) in [5.41, 5.74) is 0. The molecule has 5 heteroatoms. The highest BCUT2D eigenvalue weighted by molar-refractivity contribution is 7.99.